The predicted octanol–water partition coefficient (Wildman–Crippen LogP) is 2.07. The second kappa shape index (κ2) is 5.10. The zero-order valence-corrected chi connectivity index (χ0v) is 12.1. The van der Waals surface area contributed by atoms with Gasteiger partial charge in [-0.15, -0.1) is 0 Å². The molecule has 2 N–H and O–H groups in total. The lowest BCUT2D eigenvalue weighted by Crippen LogP contribution is -2.02. The molecule has 0 unspecified atom stereocenters. The van der Waals surface area contributed by atoms with E-state index in [1.165, 1.54) is 0 Å². The first kappa shape index (κ1) is 13.4. The summed E-state index contributed by atoms with van der Waals surface area (Å²) in [6.07, 6.45) is 1.58. The van der Waals surface area contributed by atoms with Gasteiger partial charge in [0.1, 0.15) is 23.0 Å². The van der Waals surface area contributed by atoms with Crippen molar-refractivity contribution in [3.63, 3.8) is 0 Å². The second-order valence-electron chi connectivity index (χ2n) is 4.21. The number of hydrogen-bond acceptors (Lipinski definition) is 6. The molecule has 3 rings (SSSR count). The molecule has 0 bridgehead atoms. The summed E-state index contributed by atoms with van der Waals surface area (Å²) in [6.45, 7) is 0. The molecule has 0 aliphatic heterocycles. The molecule has 0 aliphatic carbocycles. The van der Waals surface area contributed by atoms with Crippen LogP contribution < -0.4 is 15.2 Å². The third kappa shape index (κ3) is 2.21. The zero-order valence-electron chi connectivity index (χ0n) is 11.4. The van der Waals surface area contributed by atoms with Gasteiger partial charge in [0.25, 0.3) is 0 Å². The van der Waals surface area contributed by atoms with Gasteiger partial charge in [-0.05, 0) is 23.7 Å². The highest BCUT2D eigenvalue weighted by Gasteiger charge is 2.15. The van der Waals surface area contributed by atoms with Gasteiger partial charge in [0.15, 0.2) is 5.65 Å². The van der Waals surface area contributed by atoms with E-state index in [4.69, 9.17) is 26.8 Å². The molecule has 0 amide bonds. The minimum absolute atomic E-state index is 0.0589. The zero-order chi connectivity index (χ0) is 15.0. The highest BCUT2D eigenvalue weighted by Crippen LogP contribution is 2.30. The summed E-state index contributed by atoms with van der Waals surface area (Å²) in [7, 11) is 3.16. The van der Waals surface area contributed by atoms with Crippen LogP contribution in [0.5, 0.6) is 11.5 Å². The molecule has 0 spiro atoms. The Labute approximate surface area is 125 Å². The van der Waals surface area contributed by atoms with Crippen LogP contribution in [-0.2, 0) is 0 Å². The summed E-state index contributed by atoms with van der Waals surface area (Å²) in [4.78, 5) is 8.09. The molecular weight excluding hydrogens is 294 g/mol. The van der Waals surface area contributed by atoms with E-state index < -0.39 is 0 Å². The summed E-state index contributed by atoms with van der Waals surface area (Å²) in [5.74, 6) is 1.56. The van der Waals surface area contributed by atoms with Crippen molar-refractivity contribution >= 4 is 28.5 Å². The molecule has 21 heavy (non-hydrogen) atoms. The molecule has 108 valence electrons. The molecule has 0 aliphatic rings. The van der Waals surface area contributed by atoms with Crippen LogP contribution >= 0.6 is 11.6 Å². The molecule has 7 nitrogen and oxygen atoms in total. The van der Waals surface area contributed by atoms with Crippen molar-refractivity contribution in [2.45, 2.75) is 0 Å². The molecule has 0 atom stereocenters. The number of aromatic nitrogens is 4. The number of rotatable bonds is 3. The van der Waals surface area contributed by atoms with Crippen LogP contribution in [0.2, 0.25) is 5.28 Å². The summed E-state index contributed by atoms with van der Waals surface area (Å²) in [6, 6.07) is 5.37. The Morgan fingerprint density at radius 2 is 2.00 bits per heavy atom. The van der Waals surface area contributed by atoms with Crippen LogP contribution in [0, 0.1) is 0 Å². The van der Waals surface area contributed by atoms with Crippen molar-refractivity contribution in [3.05, 3.63) is 29.7 Å². The highest BCUT2D eigenvalue weighted by atomic mass is 35.5. The Morgan fingerprint density at radius 3 is 2.71 bits per heavy atom. The monoisotopic (exact) mass is 305 g/mol. The number of anilines is 1. The van der Waals surface area contributed by atoms with Crippen molar-refractivity contribution in [3.8, 4) is 17.2 Å². The second-order valence-corrected chi connectivity index (χ2v) is 4.55. The van der Waals surface area contributed by atoms with E-state index in [0.717, 1.165) is 0 Å². The van der Waals surface area contributed by atoms with Crippen LogP contribution in [0.15, 0.2) is 24.4 Å². The number of methoxy groups -OCH3 is 2. The minimum Gasteiger partial charge on any atom is -0.497 e. The Balaban J connectivity index is 2.30. The Bertz CT molecular complexity index is 818. The number of nitrogen functional groups attached to an aromatic ring is 1. The molecule has 1 aromatic carbocycles. The van der Waals surface area contributed by atoms with Crippen molar-refractivity contribution in [2.24, 2.45) is 0 Å². The lowest BCUT2D eigenvalue weighted by molar-refractivity contribution is 0.401. The number of halogens is 1. The van der Waals surface area contributed by atoms with Gasteiger partial charge in [-0.3, -0.25) is 0 Å². The van der Waals surface area contributed by atoms with E-state index in [1.807, 2.05) is 0 Å². The van der Waals surface area contributed by atoms with Gasteiger partial charge in [-0.25, -0.2) is 9.67 Å². The summed E-state index contributed by atoms with van der Waals surface area (Å²) >= 11 is 5.87. The molecule has 3 aromatic rings. The average Bonchev–Trinajstić information content (AvgIpc) is 2.90. The first-order valence-corrected chi connectivity index (χ1v) is 6.41. The number of ether oxygens (including phenoxy) is 2. The van der Waals surface area contributed by atoms with Gasteiger partial charge >= 0.3 is 0 Å². The van der Waals surface area contributed by atoms with Crippen molar-refractivity contribution in [1.82, 2.24) is 19.7 Å². The van der Waals surface area contributed by atoms with E-state index in [-0.39, 0.29) is 11.1 Å². The maximum absolute atomic E-state index is 5.87. The van der Waals surface area contributed by atoms with Crippen molar-refractivity contribution in [1.29, 1.82) is 0 Å². The maximum Gasteiger partial charge on any atom is 0.226 e. The van der Waals surface area contributed by atoms with Gasteiger partial charge in [0.05, 0.1) is 25.8 Å². The predicted molar refractivity (Wildman–Crippen MR) is 79.2 cm³/mol. The molecule has 0 saturated carbocycles. The maximum atomic E-state index is 5.87. The Kier molecular flexibility index (Phi) is 3.26. The average molecular weight is 306 g/mol. The Hall–Kier alpha value is -2.54. The smallest absolute Gasteiger partial charge is 0.226 e. The quantitative estimate of drug-likeness (QED) is 0.745. The molecule has 2 aromatic heterocycles. The van der Waals surface area contributed by atoms with Crippen molar-refractivity contribution in [2.75, 3.05) is 20.0 Å². The molecule has 2 heterocycles. The Morgan fingerprint density at radius 1 is 1.19 bits per heavy atom. The van der Waals surface area contributed by atoms with Crippen LogP contribution in [0.3, 0.4) is 0 Å². The van der Waals surface area contributed by atoms with Crippen LogP contribution in [0.1, 0.15) is 0 Å². The molecule has 0 fully saturated rings. The standard InChI is InChI=1S/C13H12ClN5O2/c1-20-7-3-4-10(21-2)9(5-7)19-12-8(6-16-19)11(15)17-13(14)18-12/h3-6H,1-2H3,(H2,15,17,18). The fraction of sp³-hybridized carbons (Fsp3) is 0.154. The van der Waals surface area contributed by atoms with E-state index >= 15 is 0 Å². The first-order valence-electron chi connectivity index (χ1n) is 6.03. The highest BCUT2D eigenvalue weighted by molar-refractivity contribution is 6.28. The minimum atomic E-state index is 0.0589. The van der Waals surface area contributed by atoms with E-state index in [1.54, 1.807) is 43.3 Å². The topological polar surface area (TPSA) is 88.1 Å². The number of hydrogen-bond donors (Lipinski definition) is 1. The summed E-state index contributed by atoms with van der Waals surface area (Å²) in [5.41, 5.74) is 7.00. The van der Waals surface area contributed by atoms with Gasteiger partial charge < -0.3 is 15.2 Å². The third-order valence-electron chi connectivity index (χ3n) is 3.04. The van der Waals surface area contributed by atoms with Crippen molar-refractivity contribution < 1.29 is 9.47 Å². The van der Waals surface area contributed by atoms with Gasteiger partial charge in [-0.2, -0.15) is 10.1 Å². The van der Waals surface area contributed by atoms with E-state index in [9.17, 15) is 0 Å². The van der Waals surface area contributed by atoms with E-state index in [0.29, 0.717) is 28.2 Å². The number of benzene rings is 1. The number of nitrogens with zero attached hydrogens (tertiary/aromatic N) is 4. The lowest BCUT2D eigenvalue weighted by Gasteiger charge is -2.11. The largest absolute Gasteiger partial charge is 0.497 e. The molecule has 8 heteroatoms. The summed E-state index contributed by atoms with van der Waals surface area (Å²) in [5, 5.41) is 4.97. The fourth-order valence-electron chi connectivity index (χ4n) is 2.04. The lowest BCUT2D eigenvalue weighted by atomic mass is 10.2. The summed E-state index contributed by atoms with van der Waals surface area (Å²) < 4.78 is 12.2. The SMILES string of the molecule is COc1ccc(OC)c(-n2ncc3c(N)nc(Cl)nc32)c1. The van der Waals surface area contributed by atoms with Crippen LogP contribution in [0.25, 0.3) is 16.7 Å². The number of fused-ring (bicyclic) bond motifs is 1. The fourth-order valence-corrected chi connectivity index (χ4v) is 2.21. The molecular formula is C13H12ClN5O2. The van der Waals surface area contributed by atoms with E-state index in [2.05, 4.69) is 15.1 Å². The number of nitrogens with two attached hydrogens (primary N) is 1. The first-order chi connectivity index (χ1) is 10.1. The van der Waals surface area contributed by atoms with Gasteiger partial charge in [0.2, 0.25) is 5.28 Å². The normalized spacial score (nSPS) is 10.8. The molecule has 0 saturated heterocycles. The third-order valence-corrected chi connectivity index (χ3v) is 3.21. The van der Waals surface area contributed by atoms with Gasteiger partial charge in [-0.1, -0.05) is 0 Å². The van der Waals surface area contributed by atoms with Crippen LogP contribution in [0.4, 0.5) is 5.82 Å². The van der Waals surface area contributed by atoms with Crippen LogP contribution in [-0.4, -0.2) is 34.0 Å². The van der Waals surface area contributed by atoms with Gasteiger partial charge in [0, 0.05) is 6.07 Å². The molecule has 0 radical (unpaired) electrons.